The Kier molecular flexibility index (Phi) is 52.1. The number of carbonyl (C=O) groups is 4. The van der Waals surface area contributed by atoms with Crippen LogP contribution in [0.15, 0.2) is 85.1 Å². The Morgan fingerprint density at radius 2 is 0.802 bits per heavy atom. The first-order valence-corrected chi connectivity index (χ1v) is 32.6. The molecule has 12 nitrogen and oxygen atoms in total. The second kappa shape index (κ2) is 56.4. The van der Waals surface area contributed by atoms with E-state index >= 15 is 0 Å². The molecule has 1 heterocycles. The van der Waals surface area contributed by atoms with Gasteiger partial charge in [0.15, 0.2) is 24.6 Å². The highest BCUT2D eigenvalue weighted by Gasteiger charge is 2.50. The first-order valence-electron chi connectivity index (χ1n) is 32.6. The van der Waals surface area contributed by atoms with Gasteiger partial charge in [-0.2, -0.15) is 0 Å². The molecule has 464 valence electrons. The monoisotopic (exact) mass is 1140 g/mol. The van der Waals surface area contributed by atoms with Crippen molar-refractivity contribution in [1.82, 2.24) is 0 Å². The van der Waals surface area contributed by atoms with Crippen LogP contribution in [0.2, 0.25) is 0 Å². The molecular weight excluding hydrogens is 1020 g/mol. The summed E-state index contributed by atoms with van der Waals surface area (Å²) in [5, 5.41) is 31.5. The topological polar surface area (TPSA) is 175 Å². The van der Waals surface area contributed by atoms with Crippen LogP contribution in [0.4, 0.5) is 0 Å². The number of rotatable bonds is 55. The third kappa shape index (κ3) is 46.0. The van der Waals surface area contributed by atoms with Gasteiger partial charge in [0.1, 0.15) is 18.8 Å². The number of allylic oxidation sites excluding steroid dienone is 14. The highest BCUT2D eigenvalue weighted by Crippen LogP contribution is 2.26. The smallest absolute Gasteiger partial charge is 0.335 e. The molecule has 1 aliphatic rings. The summed E-state index contributed by atoms with van der Waals surface area (Å²) in [6.45, 7) is 5.87. The van der Waals surface area contributed by atoms with E-state index < -0.39 is 67.3 Å². The molecule has 0 aromatic rings. The van der Waals surface area contributed by atoms with Crippen molar-refractivity contribution in [3.8, 4) is 0 Å². The van der Waals surface area contributed by atoms with Crippen molar-refractivity contribution in [2.75, 3.05) is 13.2 Å². The SMILES string of the molecule is CC/C=C\C/C=C\C/C=C\C/C=C\C/C=C\C/C=C\CCC(=O)OC1C(OCC(COC(=O)CCCCCCCCCCC/C=C\CCCCCCCC)OC(=O)CCCCCCCCCCCCCCC)OC(C(=O)O)C(O)C1O. The van der Waals surface area contributed by atoms with E-state index in [4.69, 9.17) is 23.7 Å². The van der Waals surface area contributed by atoms with Crippen molar-refractivity contribution in [1.29, 1.82) is 0 Å². The van der Waals surface area contributed by atoms with Gasteiger partial charge in [-0.1, -0.05) is 260 Å². The zero-order valence-corrected chi connectivity index (χ0v) is 51.3. The van der Waals surface area contributed by atoms with Gasteiger partial charge in [-0.25, -0.2) is 4.79 Å². The molecule has 0 radical (unpaired) electrons. The van der Waals surface area contributed by atoms with E-state index in [1.165, 1.54) is 141 Å². The second-order valence-electron chi connectivity index (χ2n) is 22.0. The predicted octanol–water partition coefficient (Wildman–Crippen LogP) is 17.5. The molecule has 3 N–H and O–H groups in total. The highest BCUT2D eigenvalue weighted by atomic mass is 16.7. The maximum absolute atomic E-state index is 13.2. The molecule has 81 heavy (non-hydrogen) atoms. The van der Waals surface area contributed by atoms with Crippen molar-refractivity contribution in [3.63, 3.8) is 0 Å². The number of aliphatic carboxylic acids is 1. The van der Waals surface area contributed by atoms with Gasteiger partial charge in [-0.15, -0.1) is 0 Å². The van der Waals surface area contributed by atoms with Crippen LogP contribution in [0.3, 0.4) is 0 Å². The van der Waals surface area contributed by atoms with Gasteiger partial charge >= 0.3 is 23.9 Å². The van der Waals surface area contributed by atoms with Gasteiger partial charge in [0.2, 0.25) is 0 Å². The molecule has 12 heteroatoms. The number of carboxylic acid groups (broad SMARTS) is 1. The molecule has 0 aliphatic carbocycles. The standard InChI is InChI=1S/C69H116O12/c1-4-7-10-13-16-19-22-25-27-29-31-33-35-38-40-43-46-49-52-55-61(70)77-58-60(79-62(71)56-53-50-47-44-41-37-24-21-18-15-12-9-6-3)59-78-69-67(65(74)64(73)66(81-69)68(75)76)80-63(72)57-54-51-48-45-42-39-36-34-32-30-28-26-23-20-17-14-11-8-5-2/h8,11,17,20,25-28,32,34,39,42,48,51,60,64-67,69,73-74H,4-7,9-10,12-16,18-19,21-24,29-31,33,35-38,40-41,43-47,49-50,52-59H2,1-3H3,(H,75,76)/b11-8-,20-17-,27-25-,28-26-,34-32-,42-39-,51-48-. The van der Waals surface area contributed by atoms with Gasteiger partial charge in [-0.3, -0.25) is 14.4 Å². The summed E-state index contributed by atoms with van der Waals surface area (Å²) in [4.78, 5) is 51.3. The third-order valence-corrected chi connectivity index (χ3v) is 14.5. The Morgan fingerprint density at radius 1 is 0.420 bits per heavy atom. The first-order chi connectivity index (χ1) is 39.6. The predicted molar refractivity (Wildman–Crippen MR) is 331 cm³/mol. The van der Waals surface area contributed by atoms with Crippen molar-refractivity contribution >= 4 is 23.9 Å². The Bertz CT molecular complexity index is 1730. The zero-order valence-electron chi connectivity index (χ0n) is 51.3. The molecule has 1 saturated heterocycles. The van der Waals surface area contributed by atoms with Crippen molar-refractivity contribution in [3.05, 3.63) is 85.1 Å². The van der Waals surface area contributed by atoms with Crippen LogP contribution in [-0.4, -0.2) is 89.2 Å². The fourth-order valence-corrected chi connectivity index (χ4v) is 9.51. The lowest BCUT2D eigenvalue weighted by atomic mass is 9.98. The van der Waals surface area contributed by atoms with Crippen LogP contribution in [0, 0.1) is 0 Å². The van der Waals surface area contributed by atoms with E-state index in [0.717, 1.165) is 70.6 Å². The summed E-state index contributed by atoms with van der Waals surface area (Å²) in [5.74, 6) is -3.22. The Morgan fingerprint density at radius 3 is 1.23 bits per heavy atom. The van der Waals surface area contributed by atoms with E-state index in [1.54, 1.807) is 0 Å². The highest BCUT2D eigenvalue weighted by molar-refractivity contribution is 5.74. The van der Waals surface area contributed by atoms with Crippen molar-refractivity contribution < 1.29 is 58.2 Å². The Labute approximate surface area is 492 Å². The van der Waals surface area contributed by atoms with Crippen LogP contribution < -0.4 is 0 Å². The number of carbonyl (C=O) groups excluding carboxylic acids is 3. The molecule has 0 spiro atoms. The van der Waals surface area contributed by atoms with E-state index in [1.807, 2.05) is 18.2 Å². The minimum Gasteiger partial charge on any atom is -0.479 e. The lowest BCUT2D eigenvalue weighted by Crippen LogP contribution is -2.61. The minimum absolute atomic E-state index is 0.0658. The molecule has 0 bridgehead atoms. The molecule has 1 aliphatic heterocycles. The number of aliphatic hydroxyl groups excluding tert-OH is 2. The van der Waals surface area contributed by atoms with Crippen molar-refractivity contribution in [2.45, 2.75) is 314 Å². The van der Waals surface area contributed by atoms with E-state index in [2.05, 4.69) is 87.6 Å². The molecular formula is C69H116O12. The maximum atomic E-state index is 13.2. The lowest BCUT2D eigenvalue weighted by Gasteiger charge is -2.40. The van der Waals surface area contributed by atoms with Crippen molar-refractivity contribution in [2.24, 2.45) is 0 Å². The summed E-state index contributed by atoms with van der Waals surface area (Å²) in [6, 6.07) is 0. The summed E-state index contributed by atoms with van der Waals surface area (Å²) in [5.41, 5.74) is 0. The molecule has 1 rings (SSSR count). The van der Waals surface area contributed by atoms with Gasteiger partial charge < -0.3 is 39.0 Å². The number of carboxylic acids is 1. The number of esters is 3. The van der Waals surface area contributed by atoms with Crippen LogP contribution in [0.25, 0.3) is 0 Å². The zero-order chi connectivity index (χ0) is 58.9. The van der Waals surface area contributed by atoms with Gasteiger partial charge in [0.25, 0.3) is 0 Å². The first kappa shape index (κ1) is 74.9. The molecule has 0 aromatic heterocycles. The van der Waals surface area contributed by atoms with E-state index in [-0.39, 0.29) is 25.9 Å². The molecule has 0 amide bonds. The van der Waals surface area contributed by atoms with Crippen LogP contribution >= 0.6 is 0 Å². The largest absolute Gasteiger partial charge is 0.479 e. The second-order valence-corrected chi connectivity index (χ2v) is 22.0. The normalized spacial score (nSPS) is 18.3. The fourth-order valence-electron chi connectivity index (χ4n) is 9.51. The van der Waals surface area contributed by atoms with E-state index in [9.17, 15) is 34.5 Å². The molecule has 6 atom stereocenters. The third-order valence-electron chi connectivity index (χ3n) is 14.5. The maximum Gasteiger partial charge on any atom is 0.335 e. The quantitative estimate of drug-likeness (QED) is 0.0228. The van der Waals surface area contributed by atoms with Gasteiger partial charge in [-0.05, 0) is 83.5 Å². The van der Waals surface area contributed by atoms with Gasteiger partial charge in [0.05, 0.1) is 6.61 Å². The lowest BCUT2D eigenvalue weighted by molar-refractivity contribution is -0.301. The molecule has 1 fully saturated rings. The minimum atomic E-state index is -1.93. The summed E-state index contributed by atoms with van der Waals surface area (Å²) >= 11 is 0. The summed E-state index contributed by atoms with van der Waals surface area (Å²) in [6.07, 6.45) is 61.3. The Hall–Kier alpha value is -4.10. The molecule has 0 aromatic carbocycles. The summed E-state index contributed by atoms with van der Waals surface area (Å²) in [7, 11) is 0. The molecule has 6 unspecified atom stereocenters. The number of hydrogen-bond donors (Lipinski definition) is 3. The van der Waals surface area contributed by atoms with Gasteiger partial charge in [0, 0.05) is 19.3 Å². The number of aliphatic hydroxyl groups is 2. The van der Waals surface area contributed by atoms with Crippen LogP contribution in [0.1, 0.15) is 278 Å². The Balaban J connectivity index is 2.68. The fraction of sp³-hybridized carbons (Fsp3) is 0.739. The average molecular weight is 1140 g/mol. The van der Waals surface area contributed by atoms with Crippen LogP contribution in [0.5, 0.6) is 0 Å². The van der Waals surface area contributed by atoms with E-state index in [0.29, 0.717) is 25.7 Å². The molecule has 0 saturated carbocycles. The number of unbranched alkanes of at least 4 members (excludes halogenated alkanes) is 27. The average Bonchev–Trinajstić information content (AvgIpc) is 3.54. The number of hydrogen-bond acceptors (Lipinski definition) is 11. The summed E-state index contributed by atoms with van der Waals surface area (Å²) < 4.78 is 28.4. The van der Waals surface area contributed by atoms with Crippen LogP contribution in [-0.2, 0) is 42.9 Å². The number of ether oxygens (including phenoxy) is 5.